The number of hydrogen-bond acceptors (Lipinski definition) is 3. The monoisotopic (exact) mass is 343 g/mol. The molecular formula is C20H26ClN3. The van der Waals surface area contributed by atoms with Gasteiger partial charge in [0, 0.05) is 24.5 Å². The van der Waals surface area contributed by atoms with Crippen molar-refractivity contribution in [2.45, 2.75) is 38.6 Å². The number of piperidine rings is 1. The zero-order chi connectivity index (χ0) is 16.5. The molecule has 0 spiro atoms. The molecule has 0 bridgehead atoms. The van der Waals surface area contributed by atoms with E-state index in [2.05, 4.69) is 34.9 Å². The van der Waals surface area contributed by atoms with Crippen molar-refractivity contribution in [2.24, 2.45) is 5.92 Å². The molecule has 3 nitrogen and oxygen atoms in total. The van der Waals surface area contributed by atoms with Crippen molar-refractivity contribution in [3.8, 4) is 0 Å². The van der Waals surface area contributed by atoms with E-state index in [0.717, 1.165) is 46.8 Å². The Balaban J connectivity index is 1.44. The Morgan fingerprint density at radius 1 is 1.04 bits per heavy atom. The number of hydrogen-bond donors (Lipinski definition) is 0. The van der Waals surface area contributed by atoms with Crippen molar-refractivity contribution in [3.05, 3.63) is 35.4 Å². The van der Waals surface area contributed by atoms with E-state index in [-0.39, 0.29) is 0 Å². The molecule has 24 heavy (non-hydrogen) atoms. The van der Waals surface area contributed by atoms with E-state index in [4.69, 9.17) is 16.6 Å². The van der Waals surface area contributed by atoms with Gasteiger partial charge in [-0.25, -0.2) is 4.98 Å². The second kappa shape index (κ2) is 6.89. The number of benzene rings is 1. The van der Waals surface area contributed by atoms with Crippen LogP contribution in [-0.4, -0.2) is 42.1 Å². The maximum atomic E-state index is 6.32. The summed E-state index contributed by atoms with van der Waals surface area (Å²) in [6.45, 7) is 7.23. The molecule has 0 radical (unpaired) electrons. The van der Waals surface area contributed by atoms with Gasteiger partial charge in [0.1, 0.15) is 5.82 Å². The van der Waals surface area contributed by atoms with Gasteiger partial charge in [-0.2, -0.15) is 0 Å². The first-order chi connectivity index (χ1) is 11.7. The zero-order valence-electron chi connectivity index (χ0n) is 14.4. The number of aromatic nitrogens is 1. The smallest absolute Gasteiger partial charge is 0.129 e. The Morgan fingerprint density at radius 3 is 2.54 bits per heavy atom. The highest BCUT2D eigenvalue weighted by molar-refractivity contribution is 6.35. The molecule has 0 N–H and O–H groups in total. The Labute approximate surface area is 149 Å². The van der Waals surface area contributed by atoms with Crippen LogP contribution in [0.5, 0.6) is 0 Å². The van der Waals surface area contributed by atoms with Crippen molar-refractivity contribution in [1.29, 1.82) is 0 Å². The molecule has 1 aromatic heterocycles. The fraction of sp³-hybridized carbons (Fsp3) is 0.550. The number of pyridine rings is 1. The zero-order valence-corrected chi connectivity index (χ0v) is 15.2. The number of likely N-dealkylation sites (tertiary alicyclic amines) is 1. The molecule has 0 amide bonds. The molecule has 4 heteroatoms. The molecule has 1 atom stereocenters. The topological polar surface area (TPSA) is 19.4 Å². The summed E-state index contributed by atoms with van der Waals surface area (Å²) in [7, 11) is 0. The molecule has 2 fully saturated rings. The molecule has 0 aliphatic carbocycles. The Morgan fingerprint density at radius 2 is 1.79 bits per heavy atom. The van der Waals surface area contributed by atoms with E-state index in [1.807, 2.05) is 12.1 Å². The van der Waals surface area contributed by atoms with E-state index in [1.165, 1.54) is 38.8 Å². The Bertz CT molecular complexity index is 703. The third-order valence-electron chi connectivity index (χ3n) is 5.92. The minimum atomic E-state index is 0.730. The molecule has 1 aromatic carbocycles. The molecule has 3 heterocycles. The number of rotatable bonds is 3. The van der Waals surface area contributed by atoms with E-state index in [0.29, 0.717) is 0 Å². The third kappa shape index (κ3) is 3.12. The first-order valence-electron chi connectivity index (χ1n) is 9.26. The molecule has 4 rings (SSSR count). The fourth-order valence-corrected chi connectivity index (χ4v) is 4.56. The highest BCUT2D eigenvalue weighted by Crippen LogP contribution is 2.30. The van der Waals surface area contributed by atoms with Crippen molar-refractivity contribution < 1.29 is 0 Å². The van der Waals surface area contributed by atoms with Crippen LogP contribution in [0.4, 0.5) is 5.82 Å². The summed E-state index contributed by atoms with van der Waals surface area (Å²) in [5, 5.41) is 1.86. The van der Waals surface area contributed by atoms with Crippen molar-refractivity contribution >= 4 is 28.3 Å². The Hall–Kier alpha value is -1.32. The number of fused-ring (bicyclic) bond motifs is 1. The predicted octanol–water partition coefficient (Wildman–Crippen LogP) is 4.59. The molecule has 0 saturated carbocycles. The van der Waals surface area contributed by atoms with Crippen LogP contribution in [-0.2, 0) is 0 Å². The van der Waals surface area contributed by atoms with Crippen LogP contribution in [0.15, 0.2) is 30.3 Å². The number of anilines is 1. The average Bonchev–Trinajstić information content (AvgIpc) is 3.16. The molecular weight excluding hydrogens is 318 g/mol. The Kier molecular flexibility index (Phi) is 4.64. The standard InChI is InChI=1S/C20H26ClN3/c1-15(23-11-2-3-12-23)16-9-13-24(14-10-16)19-8-7-17-5-4-6-18(21)20(17)22-19/h4-8,15-16H,2-3,9-14H2,1H3/t15-/m0/s1. The lowest BCUT2D eigenvalue weighted by molar-refractivity contribution is 0.167. The summed E-state index contributed by atoms with van der Waals surface area (Å²) in [6, 6.07) is 11.0. The number of halogens is 1. The van der Waals surface area contributed by atoms with Crippen LogP contribution in [0.2, 0.25) is 5.02 Å². The molecule has 2 aliphatic heterocycles. The van der Waals surface area contributed by atoms with E-state index < -0.39 is 0 Å². The van der Waals surface area contributed by atoms with Crippen LogP contribution in [0, 0.1) is 5.92 Å². The summed E-state index contributed by atoms with van der Waals surface area (Å²) in [4.78, 5) is 9.94. The minimum absolute atomic E-state index is 0.730. The maximum Gasteiger partial charge on any atom is 0.129 e. The second-order valence-corrected chi connectivity index (χ2v) is 7.70. The van der Waals surface area contributed by atoms with E-state index in [9.17, 15) is 0 Å². The van der Waals surface area contributed by atoms with Gasteiger partial charge in [0.2, 0.25) is 0 Å². The highest BCUT2D eigenvalue weighted by atomic mass is 35.5. The summed E-state index contributed by atoms with van der Waals surface area (Å²) < 4.78 is 0. The van der Waals surface area contributed by atoms with Crippen LogP contribution in [0.25, 0.3) is 10.9 Å². The first-order valence-corrected chi connectivity index (χ1v) is 9.64. The SMILES string of the molecule is C[C@@H](C1CCN(c2ccc3cccc(Cl)c3n2)CC1)N1CCCC1. The molecule has 128 valence electrons. The van der Waals surface area contributed by atoms with Gasteiger partial charge in [0.25, 0.3) is 0 Å². The lowest BCUT2D eigenvalue weighted by Gasteiger charge is -2.38. The summed E-state index contributed by atoms with van der Waals surface area (Å²) >= 11 is 6.32. The van der Waals surface area contributed by atoms with Gasteiger partial charge < -0.3 is 9.80 Å². The lowest BCUT2D eigenvalue weighted by Crippen LogP contribution is -2.43. The lowest BCUT2D eigenvalue weighted by atomic mass is 9.89. The largest absolute Gasteiger partial charge is 0.357 e. The molecule has 2 saturated heterocycles. The molecule has 0 unspecified atom stereocenters. The quantitative estimate of drug-likeness (QED) is 0.812. The minimum Gasteiger partial charge on any atom is -0.357 e. The van der Waals surface area contributed by atoms with Gasteiger partial charge in [-0.1, -0.05) is 23.7 Å². The number of nitrogens with zero attached hydrogens (tertiary/aromatic N) is 3. The van der Waals surface area contributed by atoms with Crippen LogP contribution in [0.1, 0.15) is 32.6 Å². The molecule has 2 aliphatic rings. The predicted molar refractivity (Wildman–Crippen MR) is 102 cm³/mol. The summed E-state index contributed by atoms with van der Waals surface area (Å²) in [6.07, 6.45) is 5.29. The summed E-state index contributed by atoms with van der Waals surface area (Å²) in [5.74, 6) is 1.89. The second-order valence-electron chi connectivity index (χ2n) is 7.29. The van der Waals surface area contributed by atoms with Gasteiger partial charge in [-0.15, -0.1) is 0 Å². The normalized spacial score (nSPS) is 21.5. The van der Waals surface area contributed by atoms with E-state index in [1.54, 1.807) is 0 Å². The maximum absolute atomic E-state index is 6.32. The molecule has 2 aromatic rings. The van der Waals surface area contributed by atoms with Crippen molar-refractivity contribution in [1.82, 2.24) is 9.88 Å². The van der Waals surface area contributed by atoms with E-state index >= 15 is 0 Å². The highest BCUT2D eigenvalue weighted by Gasteiger charge is 2.29. The van der Waals surface area contributed by atoms with Gasteiger partial charge in [0.05, 0.1) is 10.5 Å². The van der Waals surface area contributed by atoms with Crippen molar-refractivity contribution in [2.75, 3.05) is 31.1 Å². The average molecular weight is 344 g/mol. The third-order valence-corrected chi connectivity index (χ3v) is 6.22. The van der Waals surface area contributed by atoms with Gasteiger partial charge >= 0.3 is 0 Å². The van der Waals surface area contributed by atoms with Crippen LogP contribution < -0.4 is 4.90 Å². The summed E-state index contributed by atoms with van der Waals surface area (Å²) in [5.41, 5.74) is 0.921. The van der Waals surface area contributed by atoms with Crippen LogP contribution >= 0.6 is 11.6 Å². The first kappa shape index (κ1) is 16.2. The van der Waals surface area contributed by atoms with Gasteiger partial charge in [-0.3, -0.25) is 0 Å². The van der Waals surface area contributed by atoms with Gasteiger partial charge in [0.15, 0.2) is 0 Å². The number of para-hydroxylation sites is 1. The fourth-order valence-electron chi connectivity index (χ4n) is 4.33. The van der Waals surface area contributed by atoms with Crippen molar-refractivity contribution in [3.63, 3.8) is 0 Å². The van der Waals surface area contributed by atoms with Crippen LogP contribution in [0.3, 0.4) is 0 Å². The van der Waals surface area contributed by atoms with Gasteiger partial charge in [-0.05, 0) is 69.8 Å².